The highest BCUT2D eigenvalue weighted by molar-refractivity contribution is 5.80. The van der Waals surface area contributed by atoms with Crippen LogP contribution in [0.1, 0.15) is 22.8 Å². The van der Waals surface area contributed by atoms with E-state index in [0.29, 0.717) is 13.1 Å². The fourth-order valence-electron chi connectivity index (χ4n) is 3.89. The molecule has 0 atom stereocenters. The number of nitrogens with one attached hydrogen (secondary N) is 1. The normalized spacial score (nSPS) is 15.0. The summed E-state index contributed by atoms with van der Waals surface area (Å²) in [5.74, 6) is 3.56. The van der Waals surface area contributed by atoms with Crippen molar-refractivity contribution < 1.29 is 4.74 Å². The summed E-state index contributed by atoms with van der Waals surface area (Å²) in [6.45, 7) is 8.00. The van der Waals surface area contributed by atoms with Crippen molar-refractivity contribution in [2.75, 3.05) is 33.3 Å². The molecule has 174 valence electrons. The molecule has 0 bridgehead atoms. The molecule has 1 fully saturated rings. The van der Waals surface area contributed by atoms with Crippen LogP contribution in [-0.2, 0) is 26.7 Å². The molecule has 1 aliphatic rings. The summed E-state index contributed by atoms with van der Waals surface area (Å²) < 4.78 is 7.27. The molecule has 0 spiro atoms. The highest BCUT2D eigenvalue weighted by Gasteiger charge is 2.20. The van der Waals surface area contributed by atoms with Gasteiger partial charge in [0.25, 0.3) is 0 Å². The second kappa shape index (κ2) is 11.0. The van der Waals surface area contributed by atoms with Gasteiger partial charge in [-0.3, -0.25) is 4.90 Å². The largest absolute Gasteiger partial charge is 0.497 e. The van der Waals surface area contributed by atoms with Crippen LogP contribution in [0.5, 0.6) is 5.75 Å². The number of nitrogens with zero attached hydrogens (tertiary/aromatic N) is 6. The molecule has 2 aromatic carbocycles. The third-order valence-corrected chi connectivity index (χ3v) is 6.08. The average molecular weight is 448 g/mol. The van der Waals surface area contributed by atoms with E-state index in [1.807, 2.05) is 30.7 Å². The van der Waals surface area contributed by atoms with Gasteiger partial charge in [0.15, 0.2) is 11.8 Å². The van der Waals surface area contributed by atoms with Crippen molar-refractivity contribution in [3.63, 3.8) is 0 Å². The molecule has 3 aromatic rings. The van der Waals surface area contributed by atoms with Crippen molar-refractivity contribution in [1.29, 1.82) is 0 Å². The molecule has 4 rings (SSSR count). The van der Waals surface area contributed by atoms with Crippen molar-refractivity contribution in [2.45, 2.75) is 26.6 Å². The molecule has 1 aliphatic heterocycles. The maximum atomic E-state index is 5.27. The number of benzene rings is 2. The SMILES string of the molecule is COc1ccc(CN=C(NCc2nnc(C)n2C)N2CCN(Cc3ccccc3)CC2)cc1. The van der Waals surface area contributed by atoms with Gasteiger partial charge >= 0.3 is 0 Å². The fraction of sp³-hybridized carbons (Fsp3) is 0.400. The second-order valence-corrected chi connectivity index (χ2v) is 8.31. The first-order valence-corrected chi connectivity index (χ1v) is 11.4. The quantitative estimate of drug-likeness (QED) is 0.444. The first-order chi connectivity index (χ1) is 16.1. The van der Waals surface area contributed by atoms with Gasteiger partial charge < -0.3 is 19.5 Å². The maximum Gasteiger partial charge on any atom is 0.194 e. The summed E-state index contributed by atoms with van der Waals surface area (Å²) in [5, 5.41) is 12.0. The zero-order valence-electron chi connectivity index (χ0n) is 19.7. The number of hydrogen-bond acceptors (Lipinski definition) is 5. The van der Waals surface area contributed by atoms with Crippen LogP contribution in [-0.4, -0.2) is 63.8 Å². The van der Waals surface area contributed by atoms with E-state index in [-0.39, 0.29) is 0 Å². The third kappa shape index (κ3) is 6.10. The second-order valence-electron chi connectivity index (χ2n) is 8.31. The summed E-state index contributed by atoms with van der Waals surface area (Å²) >= 11 is 0. The fourth-order valence-corrected chi connectivity index (χ4v) is 3.89. The van der Waals surface area contributed by atoms with Gasteiger partial charge in [-0.1, -0.05) is 42.5 Å². The van der Waals surface area contributed by atoms with E-state index in [9.17, 15) is 0 Å². The van der Waals surface area contributed by atoms with Crippen LogP contribution in [0.15, 0.2) is 59.6 Å². The van der Waals surface area contributed by atoms with Crippen LogP contribution in [0.2, 0.25) is 0 Å². The lowest BCUT2D eigenvalue weighted by Gasteiger charge is -2.36. The van der Waals surface area contributed by atoms with Gasteiger partial charge in [0.05, 0.1) is 20.2 Å². The summed E-state index contributed by atoms with van der Waals surface area (Å²) in [7, 11) is 3.67. The zero-order valence-corrected chi connectivity index (χ0v) is 19.7. The minimum absolute atomic E-state index is 0.586. The van der Waals surface area contributed by atoms with Gasteiger partial charge in [-0.15, -0.1) is 10.2 Å². The number of aliphatic imine (C=N–C) groups is 1. The molecule has 1 saturated heterocycles. The Morgan fingerprint density at radius 2 is 1.70 bits per heavy atom. The number of methoxy groups -OCH3 is 1. The van der Waals surface area contributed by atoms with Gasteiger partial charge in [0.1, 0.15) is 11.6 Å². The molecule has 8 heteroatoms. The van der Waals surface area contributed by atoms with Gasteiger partial charge in [-0.2, -0.15) is 0 Å². The summed E-state index contributed by atoms with van der Waals surface area (Å²) in [6.07, 6.45) is 0. The average Bonchev–Trinajstić information content (AvgIpc) is 3.18. The van der Waals surface area contributed by atoms with E-state index < -0.39 is 0 Å². The lowest BCUT2D eigenvalue weighted by atomic mass is 10.2. The number of aryl methyl sites for hydroxylation is 1. The first kappa shape index (κ1) is 22.8. The Labute approximate surface area is 195 Å². The Hall–Kier alpha value is -3.39. The number of piperazine rings is 1. The van der Waals surface area contributed by atoms with E-state index in [2.05, 4.69) is 67.8 Å². The van der Waals surface area contributed by atoms with Crippen molar-refractivity contribution >= 4 is 5.96 Å². The van der Waals surface area contributed by atoms with E-state index in [4.69, 9.17) is 9.73 Å². The molecule has 33 heavy (non-hydrogen) atoms. The number of hydrogen-bond donors (Lipinski definition) is 1. The third-order valence-electron chi connectivity index (χ3n) is 6.08. The van der Waals surface area contributed by atoms with Crippen LogP contribution < -0.4 is 10.1 Å². The number of aromatic nitrogens is 3. The van der Waals surface area contributed by atoms with Crippen LogP contribution in [0.3, 0.4) is 0 Å². The monoisotopic (exact) mass is 447 g/mol. The lowest BCUT2D eigenvalue weighted by molar-refractivity contribution is 0.172. The Bertz CT molecular complexity index is 1040. The van der Waals surface area contributed by atoms with E-state index in [1.165, 1.54) is 5.56 Å². The van der Waals surface area contributed by atoms with Crippen LogP contribution in [0, 0.1) is 6.92 Å². The molecule has 0 saturated carbocycles. The maximum absolute atomic E-state index is 5.27. The number of ether oxygens (including phenoxy) is 1. The predicted molar refractivity (Wildman–Crippen MR) is 130 cm³/mol. The topological polar surface area (TPSA) is 70.8 Å². The van der Waals surface area contributed by atoms with Crippen LogP contribution in [0.4, 0.5) is 0 Å². The van der Waals surface area contributed by atoms with E-state index >= 15 is 0 Å². The summed E-state index contributed by atoms with van der Waals surface area (Å²) in [5.41, 5.74) is 2.50. The highest BCUT2D eigenvalue weighted by Crippen LogP contribution is 2.13. The van der Waals surface area contributed by atoms with Gasteiger partial charge in [-0.25, -0.2) is 4.99 Å². The summed E-state index contributed by atoms with van der Waals surface area (Å²) in [6, 6.07) is 18.7. The van der Waals surface area contributed by atoms with E-state index in [1.54, 1.807) is 7.11 Å². The standard InChI is InChI=1S/C25H33N7O/c1-20-28-29-24(30(20)2)18-27-25(26-17-21-9-11-23(33-3)12-10-21)32-15-13-31(14-16-32)19-22-7-5-4-6-8-22/h4-12H,13-19H2,1-3H3,(H,26,27). The van der Waals surface area contributed by atoms with Gasteiger partial charge in [0.2, 0.25) is 0 Å². The molecule has 0 radical (unpaired) electrons. The van der Waals surface area contributed by atoms with E-state index in [0.717, 1.165) is 61.6 Å². The van der Waals surface area contributed by atoms with Crippen molar-refractivity contribution in [3.8, 4) is 5.75 Å². The molecule has 8 nitrogen and oxygen atoms in total. The number of guanidine groups is 1. The van der Waals surface area contributed by atoms with Gasteiger partial charge in [-0.05, 0) is 30.2 Å². The smallest absolute Gasteiger partial charge is 0.194 e. The molecule has 2 heterocycles. The Morgan fingerprint density at radius 3 is 2.33 bits per heavy atom. The Balaban J connectivity index is 1.41. The van der Waals surface area contributed by atoms with Crippen molar-refractivity contribution in [1.82, 2.24) is 29.9 Å². The van der Waals surface area contributed by atoms with Crippen molar-refractivity contribution in [2.24, 2.45) is 12.0 Å². The Kier molecular flexibility index (Phi) is 7.57. The first-order valence-electron chi connectivity index (χ1n) is 11.4. The molecule has 1 N–H and O–H groups in total. The zero-order chi connectivity index (χ0) is 23.0. The van der Waals surface area contributed by atoms with Crippen LogP contribution in [0.25, 0.3) is 0 Å². The predicted octanol–water partition coefficient (Wildman–Crippen LogP) is 2.60. The van der Waals surface area contributed by atoms with Crippen molar-refractivity contribution in [3.05, 3.63) is 77.4 Å². The minimum atomic E-state index is 0.586. The lowest BCUT2D eigenvalue weighted by Crippen LogP contribution is -2.52. The Morgan fingerprint density at radius 1 is 0.970 bits per heavy atom. The highest BCUT2D eigenvalue weighted by atomic mass is 16.5. The minimum Gasteiger partial charge on any atom is -0.497 e. The molecular weight excluding hydrogens is 414 g/mol. The molecule has 0 unspecified atom stereocenters. The molecule has 1 aromatic heterocycles. The summed E-state index contributed by atoms with van der Waals surface area (Å²) in [4.78, 5) is 9.79. The van der Waals surface area contributed by atoms with Gasteiger partial charge in [0, 0.05) is 39.8 Å². The molecule has 0 amide bonds. The van der Waals surface area contributed by atoms with Crippen LogP contribution >= 0.6 is 0 Å². The molecule has 0 aliphatic carbocycles. The number of rotatable bonds is 7. The molecular formula is C25H33N7O.